The number of rotatable bonds is 5. The first-order valence-electron chi connectivity index (χ1n) is 5.03. The summed E-state index contributed by atoms with van der Waals surface area (Å²) in [6, 6.07) is -0.792. The molecule has 1 atom stereocenters. The van der Waals surface area contributed by atoms with Crippen LogP contribution in [0.25, 0.3) is 0 Å². The fraction of sp³-hybridized carbons (Fsp3) is 0.800. The van der Waals surface area contributed by atoms with Crippen LogP contribution in [0.3, 0.4) is 0 Å². The molecule has 0 fully saturated rings. The molecular weight excluding hydrogens is 196 g/mol. The maximum Gasteiger partial charge on any atom is 0.326 e. The Morgan fingerprint density at radius 1 is 1.33 bits per heavy atom. The first-order valence-corrected chi connectivity index (χ1v) is 5.03. The maximum atomic E-state index is 11.3. The van der Waals surface area contributed by atoms with Gasteiger partial charge in [-0.1, -0.05) is 6.92 Å². The van der Waals surface area contributed by atoms with Gasteiger partial charge in [-0.25, -0.2) is 4.79 Å². The predicted octanol–water partition coefficient (Wildman–Crippen LogP) is 0.354. The van der Waals surface area contributed by atoms with Crippen LogP contribution in [0.15, 0.2) is 0 Å². The number of carbonyl (C=O) groups is 2. The van der Waals surface area contributed by atoms with Gasteiger partial charge in [0.15, 0.2) is 0 Å². The number of hydrogen-bond acceptors (Lipinski definition) is 3. The van der Waals surface area contributed by atoms with Crippen molar-refractivity contribution in [3.63, 3.8) is 0 Å². The highest BCUT2D eigenvalue weighted by Gasteiger charge is 2.18. The maximum absolute atomic E-state index is 11.3. The van der Waals surface area contributed by atoms with Crippen LogP contribution in [0.2, 0.25) is 0 Å². The lowest BCUT2D eigenvalue weighted by atomic mass is 10.1. The minimum Gasteiger partial charge on any atom is -0.480 e. The molecule has 3 N–H and O–H groups in total. The Bertz CT molecular complexity index is 233. The summed E-state index contributed by atoms with van der Waals surface area (Å²) in [6.07, 6.45) is 0.386. The van der Waals surface area contributed by atoms with Crippen molar-refractivity contribution < 1.29 is 14.7 Å². The van der Waals surface area contributed by atoms with Gasteiger partial charge in [0, 0.05) is 5.54 Å². The molecule has 0 rings (SSSR count). The number of aliphatic carboxylic acids is 1. The quantitative estimate of drug-likeness (QED) is 0.620. The van der Waals surface area contributed by atoms with Gasteiger partial charge in [0.25, 0.3) is 0 Å². The van der Waals surface area contributed by atoms with Gasteiger partial charge in [0.1, 0.15) is 6.04 Å². The van der Waals surface area contributed by atoms with E-state index < -0.39 is 12.0 Å². The molecule has 0 radical (unpaired) electrons. The van der Waals surface area contributed by atoms with Gasteiger partial charge < -0.3 is 15.7 Å². The van der Waals surface area contributed by atoms with Gasteiger partial charge in [-0.3, -0.25) is 4.79 Å². The average Bonchev–Trinajstić information content (AvgIpc) is 2.09. The van der Waals surface area contributed by atoms with Crippen LogP contribution in [-0.2, 0) is 9.59 Å². The highest BCUT2D eigenvalue weighted by molar-refractivity contribution is 5.84. The van der Waals surface area contributed by atoms with E-state index in [9.17, 15) is 9.59 Å². The van der Waals surface area contributed by atoms with Crippen LogP contribution in [0.4, 0.5) is 0 Å². The van der Waals surface area contributed by atoms with Crippen molar-refractivity contribution in [1.29, 1.82) is 0 Å². The third-order valence-electron chi connectivity index (χ3n) is 1.82. The van der Waals surface area contributed by atoms with E-state index in [-0.39, 0.29) is 18.0 Å². The summed E-state index contributed by atoms with van der Waals surface area (Å²) in [5, 5.41) is 14.1. The lowest BCUT2D eigenvalue weighted by molar-refractivity contribution is -0.141. The van der Waals surface area contributed by atoms with Crippen molar-refractivity contribution >= 4 is 11.9 Å². The molecule has 1 amide bonds. The molecule has 5 nitrogen and oxygen atoms in total. The largest absolute Gasteiger partial charge is 0.480 e. The number of carbonyl (C=O) groups excluding carboxylic acids is 1. The van der Waals surface area contributed by atoms with Crippen LogP contribution in [0.1, 0.15) is 34.1 Å². The van der Waals surface area contributed by atoms with E-state index in [4.69, 9.17) is 5.11 Å². The summed E-state index contributed by atoms with van der Waals surface area (Å²) in [6.45, 7) is 7.67. The highest BCUT2D eigenvalue weighted by atomic mass is 16.4. The molecule has 0 aromatic carbocycles. The zero-order valence-electron chi connectivity index (χ0n) is 9.76. The van der Waals surface area contributed by atoms with Gasteiger partial charge >= 0.3 is 5.97 Å². The third kappa shape index (κ3) is 6.90. The first kappa shape index (κ1) is 13.9. The predicted molar refractivity (Wildman–Crippen MR) is 57.6 cm³/mol. The number of carboxylic acid groups (broad SMARTS) is 1. The second-order valence-electron chi connectivity index (χ2n) is 4.47. The molecular formula is C10H20N2O3. The molecule has 0 bridgehead atoms. The third-order valence-corrected chi connectivity index (χ3v) is 1.82. The number of carboxylic acids is 1. The van der Waals surface area contributed by atoms with Crippen LogP contribution in [-0.4, -0.2) is 35.1 Å². The molecule has 0 saturated carbocycles. The SMILES string of the molecule is CCC(NC(=O)CNC(C)(C)C)C(=O)O. The fourth-order valence-corrected chi connectivity index (χ4v) is 0.929. The topological polar surface area (TPSA) is 78.4 Å². The standard InChI is InChI=1S/C10H20N2O3/c1-5-7(9(14)15)12-8(13)6-11-10(2,3)4/h7,11H,5-6H2,1-4H3,(H,12,13)(H,14,15). The van der Waals surface area contributed by atoms with Gasteiger partial charge in [-0.15, -0.1) is 0 Å². The molecule has 1 unspecified atom stereocenters. The highest BCUT2D eigenvalue weighted by Crippen LogP contribution is 1.97. The Labute approximate surface area is 90.2 Å². The smallest absolute Gasteiger partial charge is 0.326 e. The van der Waals surface area contributed by atoms with Gasteiger partial charge in [-0.05, 0) is 27.2 Å². The van der Waals surface area contributed by atoms with Crippen molar-refractivity contribution in [2.24, 2.45) is 0 Å². The summed E-state index contributed by atoms with van der Waals surface area (Å²) >= 11 is 0. The molecule has 15 heavy (non-hydrogen) atoms. The van der Waals surface area contributed by atoms with E-state index in [1.165, 1.54) is 0 Å². The Balaban J connectivity index is 3.98. The van der Waals surface area contributed by atoms with Crippen molar-refractivity contribution in [3.05, 3.63) is 0 Å². The average molecular weight is 216 g/mol. The van der Waals surface area contributed by atoms with E-state index in [0.717, 1.165) is 0 Å². The van der Waals surface area contributed by atoms with Gasteiger partial charge in [0.05, 0.1) is 6.54 Å². The Morgan fingerprint density at radius 2 is 1.87 bits per heavy atom. The monoisotopic (exact) mass is 216 g/mol. The van der Waals surface area contributed by atoms with E-state index in [1.54, 1.807) is 6.92 Å². The summed E-state index contributed by atoms with van der Waals surface area (Å²) in [7, 11) is 0. The molecule has 0 heterocycles. The number of nitrogens with one attached hydrogen (secondary N) is 2. The van der Waals surface area contributed by atoms with Crippen molar-refractivity contribution in [1.82, 2.24) is 10.6 Å². The lowest BCUT2D eigenvalue weighted by Gasteiger charge is -2.21. The molecule has 0 aromatic heterocycles. The van der Waals surface area contributed by atoms with E-state index in [0.29, 0.717) is 6.42 Å². The second kappa shape index (κ2) is 5.70. The summed E-state index contributed by atoms with van der Waals surface area (Å²) in [5.74, 6) is -1.29. The zero-order valence-corrected chi connectivity index (χ0v) is 9.76. The molecule has 5 heteroatoms. The van der Waals surface area contributed by atoms with Crippen LogP contribution in [0, 0.1) is 0 Å². The summed E-state index contributed by atoms with van der Waals surface area (Å²) < 4.78 is 0. The molecule has 0 aliphatic rings. The zero-order chi connectivity index (χ0) is 12.1. The van der Waals surface area contributed by atoms with Crippen LogP contribution < -0.4 is 10.6 Å². The summed E-state index contributed by atoms with van der Waals surface area (Å²) in [4.78, 5) is 22.0. The van der Waals surface area contributed by atoms with Gasteiger partial charge in [0.2, 0.25) is 5.91 Å². The van der Waals surface area contributed by atoms with Crippen molar-refractivity contribution in [2.45, 2.75) is 45.7 Å². The molecule has 0 aliphatic heterocycles. The second-order valence-corrected chi connectivity index (χ2v) is 4.47. The Kier molecular flexibility index (Phi) is 5.28. The van der Waals surface area contributed by atoms with E-state index in [1.807, 2.05) is 20.8 Å². The van der Waals surface area contributed by atoms with Crippen LogP contribution in [0.5, 0.6) is 0 Å². The minimum atomic E-state index is -0.999. The molecule has 0 aliphatic carbocycles. The molecule has 88 valence electrons. The molecule has 0 saturated heterocycles. The van der Waals surface area contributed by atoms with E-state index >= 15 is 0 Å². The molecule has 0 spiro atoms. The van der Waals surface area contributed by atoms with Crippen molar-refractivity contribution in [3.8, 4) is 0 Å². The van der Waals surface area contributed by atoms with Crippen LogP contribution >= 0.6 is 0 Å². The number of hydrogen-bond donors (Lipinski definition) is 3. The Morgan fingerprint density at radius 3 is 2.20 bits per heavy atom. The van der Waals surface area contributed by atoms with Crippen molar-refractivity contribution in [2.75, 3.05) is 6.54 Å². The lowest BCUT2D eigenvalue weighted by Crippen LogP contribution is -2.47. The molecule has 0 aromatic rings. The normalized spacial score (nSPS) is 13.3. The first-order chi connectivity index (χ1) is 6.76. The van der Waals surface area contributed by atoms with Gasteiger partial charge in [-0.2, -0.15) is 0 Å². The minimum absolute atomic E-state index is 0.132. The number of amides is 1. The summed E-state index contributed by atoms with van der Waals surface area (Å²) in [5.41, 5.74) is -0.151. The fourth-order valence-electron chi connectivity index (χ4n) is 0.929. The van der Waals surface area contributed by atoms with E-state index in [2.05, 4.69) is 10.6 Å². The Hall–Kier alpha value is -1.10.